The zero-order valence-corrected chi connectivity index (χ0v) is 11.7. The fourth-order valence-corrected chi connectivity index (χ4v) is 2.86. The average Bonchev–Trinajstić information content (AvgIpc) is 2.76. The molecular formula is C14H16N2O5. The predicted octanol–water partition coefficient (Wildman–Crippen LogP) is 1.98. The van der Waals surface area contributed by atoms with Crippen molar-refractivity contribution in [1.29, 1.82) is 0 Å². The van der Waals surface area contributed by atoms with E-state index in [0.29, 0.717) is 0 Å². The molecule has 0 radical (unpaired) electrons. The molecule has 1 amide bonds. The lowest BCUT2D eigenvalue weighted by molar-refractivity contribution is -0.386. The van der Waals surface area contributed by atoms with Crippen molar-refractivity contribution in [1.82, 2.24) is 4.90 Å². The molecule has 0 spiro atoms. The van der Waals surface area contributed by atoms with Gasteiger partial charge < -0.3 is 10.0 Å². The number of likely N-dealkylation sites (tertiary alicyclic amines) is 1. The molecule has 7 heteroatoms. The summed E-state index contributed by atoms with van der Waals surface area (Å²) in [5.41, 5.74) is 0.114. The van der Waals surface area contributed by atoms with Gasteiger partial charge in [-0.05, 0) is 13.8 Å². The van der Waals surface area contributed by atoms with Crippen molar-refractivity contribution in [3.05, 3.63) is 39.9 Å². The lowest BCUT2D eigenvalue weighted by Crippen LogP contribution is -2.36. The Bertz CT molecular complexity index is 599. The van der Waals surface area contributed by atoms with Crippen LogP contribution in [0.3, 0.4) is 0 Å². The van der Waals surface area contributed by atoms with E-state index in [1.807, 2.05) is 0 Å². The monoisotopic (exact) mass is 292 g/mol. The molecule has 1 aliphatic heterocycles. The first-order chi connectivity index (χ1) is 9.84. The Kier molecular flexibility index (Phi) is 3.93. The number of para-hydroxylation sites is 1. The second-order valence-electron chi connectivity index (χ2n) is 5.30. The molecule has 1 fully saturated rings. The van der Waals surface area contributed by atoms with E-state index in [1.165, 1.54) is 23.1 Å². The molecule has 1 aliphatic rings. The molecule has 7 nitrogen and oxygen atoms in total. The highest BCUT2D eigenvalue weighted by atomic mass is 16.6. The van der Waals surface area contributed by atoms with Gasteiger partial charge in [0.2, 0.25) is 5.91 Å². The van der Waals surface area contributed by atoms with E-state index in [4.69, 9.17) is 0 Å². The van der Waals surface area contributed by atoms with Crippen molar-refractivity contribution in [3.8, 4) is 0 Å². The second-order valence-corrected chi connectivity index (χ2v) is 5.30. The maximum absolute atomic E-state index is 12.1. The fraction of sp³-hybridized carbons (Fsp3) is 0.429. The number of aliphatic carboxylic acids is 1. The summed E-state index contributed by atoms with van der Waals surface area (Å²) < 4.78 is 0. The number of nitro benzene ring substituents is 1. The van der Waals surface area contributed by atoms with Crippen LogP contribution in [0.2, 0.25) is 0 Å². The molecule has 2 atom stereocenters. The fourth-order valence-electron chi connectivity index (χ4n) is 2.86. The summed E-state index contributed by atoms with van der Waals surface area (Å²) in [6.07, 6.45) is -0.135. The lowest BCUT2D eigenvalue weighted by atomic mass is 9.92. The molecular weight excluding hydrogens is 276 g/mol. The molecule has 21 heavy (non-hydrogen) atoms. The maximum Gasteiger partial charge on any atom is 0.309 e. The minimum absolute atomic E-state index is 0.135. The maximum atomic E-state index is 12.1. The van der Waals surface area contributed by atoms with Crippen LogP contribution >= 0.6 is 0 Å². The van der Waals surface area contributed by atoms with Crippen LogP contribution in [0, 0.1) is 16.0 Å². The topological polar surface area (TPSA) is 101 Å². The zero-order chi connectivity index (χ0) is 15.7. The van der Waals surface area contributed by atoms with Crippen LogP contribution in [-0.4, -0.2) is 32.8 Å². The third kappa shape index (κ3) is 2.58. The van der Waals surface area contributed by atoms with E-state index >= 15 is 0 Å². The summed E-state index contributed by atoms with van der Waals surface area (Å²) in [7, 11) is 0. The van der Waals surface area contributed by atoms with Crippen LogP contribution in [-0.2, 0) is 9.59 Å². The van der Waals surface area contributed by atoms with Gasteiger partial charge in [-0.25, -0.2) is 0 Å². The molecule has 2 unspecified atom stereocenters. The van der Waals surface area contributed by atoms with Crippen LogP contribution in [0.25, 0.3) is 0 Å². The third-order valence-corrected chi connectivity index (χ3v) is 3.69. The summed E-state index contributed by atoms with van der Waals surface area (Å²) in [5, 5.41) is 20.5. The van der Waals surface area contributed by atoms with E-state index in [1.54, 1.807) is 19.9 Å². The normalized spacial score (nSPS) is 21.9. The SMILES string of the molecule is CC(C)N1C(=O)CC(C(=O)O)C1c1ccccc1[N+](=O)[O-]. The van der Waals surface area contributed by atoms with Crippen molar-refractivity contribution < 1.29 is 19.6 Å². The first-order valence-electron chi connectivity index (χ1n) is 6.62. The highest BCUT2D eigenvalue weighted by Gasteiger charge is 2.47. The van der Waals surface area contributed by atoms with Crippen LogP contribution in [0.5, 0.6) is 0 Å². The Hall–Kier alpha value is -2.44. The van der Waals surface area contributed by atoms with Crippen molar-refractivity contribution >= 4 is 17.6 Å². The molecule has 0 aromatic heterocycles. The number of rotatable bonds is 4. The van der Waals surface area contributed by atoms with E-state index < -0.39 is 22.9 Å². The summed E-state index contributed by atoms with van der Waals surface area (Å²) in [6.45, 7) is 3.54. The third-order valence-electron chi connectivity index (χ3n) is 3.69. The first kappa shape index (κ1) is 15.0. The van der Waals surface area contributed by atoms with Gasteiger partial charge in [0.1, 0.15) is 0 Å². The number of benzene rings is 1. The van der Waals surface area contributed by atoms with Crippen LogP contribution in [0.4, 0.5) is 5.69 Å². The Labute approximate surface area is 121 Å². The smallest absolute Gasteiger partial charge is 0.309 e. The number of hydrogen-bond acceptors (Lipinski definition) is 4. The van der Waals surface area contributed by atoms with E-state index in [2.05, 4.69) is 0 Å². The number of carbonyl (C=O) groups is 2. The van der Waals surface area contributed by atoms with Gasteiger partial charge in [-0.3, -0.25) is 19.7 Å². The number of nitro groups is 1. The highest BCUT2D eigenvalue weighted by molar-refractivity contribution is 5.88. The molecule has 0 aliphatic carbocycles. The molecule has 0 bridgehead atoms. The summed E-state index contributed by atoms with van der Waals surface area (Å²) >= 11 is 0. The van der Waals surface area contributed by atoms with Gasteiger partial charge in [0.05, 0.1) is 22.4 Å². The van der Waals surface area contributed by atoms with Crippen molar-refractivity contribution in [2.24, 2.45) is 5.92 Å². The van der Waals surface area contributed by atoms with Gasteiger partial charge in [-0.2, -0.15) is 0 Å². The minimum Gasteiger partial charge on any atom is -0.481 e. The summed E-state index contributed by atoms with van der Waals surface area (Å²) in [6, 6.07) is 4.95. The molecule has 1 aromatic rings. The van der Waals surface area contributed by atoms with Gasteiger partial charge >= 0.3 is 5.97 Å². The standard InChI is InChI=1S/C14H16N2O5/c1-8(2)15-12(17)7-10(14(18)19)13(15)9-5-3-4-6-11(9)16(20)21/h3-6,8,10,13H,7H2,1-2H3,(H,18,19). The molecule has 112 valence electrons. The molecule has 0 saturated carbocycles. The second kappa shape index (κ2) is 5.51. The lowest BCUT2D eigenvalue weighted by Gasteiger charge is -2.30. The van der Waals surface area contributed by atoms with Gasteiger partial charge in [0.25, 0.3) is 5.69 Å². The number of carbonyl (C=O) groups excluding carboxylic acids is 1. The minimum atomic E-state index is -1.12. The van der Waals surface area contributed by atoms with Gasteiger partial charge in [-0.15, -0.1) is 0 Å². The first-order valence-corrected chi connectivity index (χ1v) is 6.62. The number of carboxylic acid groups (broad SMARTS) is 1. The van der Waals surface area contributed by atoms with Crippen molar-refractivity contribution in [3.63, 3.8) is 0 Å². The molecule has 1 heterocycles. The van der Waals surface area contributed by atoms with E-state index in [9.17, 15) is 24.8 Å². The quantitative estimate of drug-likeness (QED) is 0.675. The molecule has 2 rings (SSSR count). The van der Waals surface area contributed by atoms with Crippen LogP contribution < -0.4 is 0 Å². The molecule has 1 saturated heterocycles. The Morgan fingerprint density at radius 1 is 1.43 bits per heavy atom. The van der Waals surface area contributed by atoms with Gasteiger partial charge in [-0.1, -0.05) is 18.2 Å². The molecule has 1 aromatic carbocycles. The predicted molar refractivity (Wildman–Crippen MR) is 73.6 cm³/mol. The average molecular weight is 292 g/mol. The summed E-state index contributed by atoms with van der Waals surface area (Å²) in [4.78, 5) is 35.6. The number of amides is 1. The van der Waals surface area contributed by atoms with Crippen LogP contribution in [0.1, 0.15) is 31.9 Å². The van der Waals surface area contributed by atoms with Crippen molar-refractivity contribution in [2.75, 3.05) is 0 Å². The van der Waals surface area contributed by atoms with Gasteiger partial charge in [0, 0.05) is 18.5 Å². The number of carboxylic acids is 1. The number of hydrogen-bond donors (Lipinski definition) is 1. The van der Waals surface area contributed by atoms with E-state index in [-0.39, 0.29) is 29.6 Å². The van der Waals surface area contributed by atoms with Crippen molar-refractivity contribution in [2.45, 2.75) is 32.4 Å². The van der Waals surface area contributed by atoms with Gasteiger partial charge in [0.15, 0.2) is 0 Å². The number of nitrogens with zero attached hydrogens (tertiary/aromatic N) is 2. The largest absolute Gasteiger partial charge is 0.481 e. The highest BCUT2D eigenvalue weighted by Crippen LogP contribution is 2.42. The zero-order valence-electron chi connectivity index (χ0n) is 11.7. The Morgan fingerprint density at radius 3 is 2.57 bits per heavy atom. The summed E-state index contributed by atoms with van der Waals surface area (Å²) in [5.74, 6) is -2.38. The van der Waals surface area contributed by atoms with Crippen LogP contribution in [0.15, 0.2) is 24.3 Å². The Balaban J connectivity index is 2.58. The molecule has 1 N–H and O–H groups in total. The van der Waals surface area contributed by atoms with E-state index in [0.717, 1.165) is 0 Å². The Morgan fingerprint density at radius 2 is 2.05 bits per heavy atom.